The number of hydrogen-bond acceptors (Lipinski definition) is 3. The molecule has 148 valence electrons. The van der Waals surface area contributed by atoms with E-state index in [1.165, 1.54) is 6.07 Å². The SMILES string of the molecule is COc1cc2c(cc1NC(=O)C[NH+](C)Cc1ccccc1F)oc1ccccc12. The van der Waals surface area contributed by atoms with Gasteiger partial charge in [0.15, 0.2) is 6.54 Å². The van der Waals surface area contributed by atoms with Gasteiger partial charge in [-0.1, -0.05) is 36.4 Å². The van der Waals surface area contributed by atoms with Crippen LogP contribution >= 0.6 is 0 Å². The van der Waals surface area contributed by atoms with Crippen molar-refractivity contribution in [2.24, 2.45) is 0 Å². The van der Waals surface area contributed by atoms with Crippen molar-refractivity contribution >= 4 is 33.5 Å². The maximum Gasteiger partial charge on any atom is 0.279 e. The smallest absolute Gasteiger partial charge is 0.279 e. The molecule has 0 bridgehead atoms. The number of likely N-dealkylation sites (N-methyl/N-ethyl adjacent to an activating group) is 1. The molecule has 0 spiro atoms. The molecule has 1 heterocycles. The van der Waals surface area contributed by atoms with Crippen molar-refractivity contribution in [3.63, 3.8) is 0 Å². The lowest BCUT2D eigenvalue weighted by atomic mass is 10.1. The first kappa shape index (κ1) is 19.0. The summed E-state index contributed by atoms with van der Waals surface area (Å²) in [4.78, 5) is 13.4. The Balaban J connectivity index is 1.52. The zero-order valence-corrected chi connectivity index (χ0v) is 16.3. The summed E-state index contributed by atoms with van der Waals surface area (Å²) in [6.07, 6.45) is 0. The molecule has 6 heteroatoms. The lowest BCUT2D eigenvalue weighted by Gasteiger charge is -2.15. The largest absolute Gasteiger partial charge is 0.495 e. The number of carbonyl (C=O) groups excluding carboxylic acids is 1. The number of ether oxygens (including phenoxy) is 1. The molecule has 0 aliphatic rings. The van der Waals surface area contributed by atoms with Crippen molar-refractivity contribution in [1.82, 2.24) is 0 Å². The van der Waals surface area contributed by atoms with E-state index in [1.807, 2.05) is 37.4 Å². The second kappa shape index (κ2) is 7.93. The Bertz CT molecular complexity index is 1190. The molecule has 0 aliphatic heterocycles. The summed E-state index contributed by atoms with van der Waals surface area (Å²) in [5.74, 6) is 0.112. The topological polar surface area (TPSA) is 55.9 Å². The first-order chi connectivity index (χ1) is 14.0. The average molecular weight is 393 g/mol. The summed E-state index contributed by atoms with van der Waals surface area (Å²) < 4.78 is 25.2. The van der Waals surface area contributed by atoms with Crippen molar-refractivity contribution in [3.05, 3.63) is 72.0 Å². The summed E-state index contributed by atoms with van der Waals surface area (Å²) in [6, 6.07) is 18.0. The standard InChI is InChI=1S/C23H21FN2O3/c1-26(13-15-7-3-5-9-18(15)24)14-23(27)25-19-12-21-17(11-22(19)28-2)16-8-4-6-10-20(16)29-21/h3-12H,13-14H2,1-2H3,(H,25,27)/p+1. The predicted molar refractivity (Wildman–Crippen MR) is 111 cm³/mol. The van der Waals surface area contributed by atoms with Gasteiger partial charge in [0.1, 0.15) is 29.3 Å². The third kappa shape index (κ3) is 3.93. The molecule has 0 aliphatic carbocycles. The molecule has 1 amide bonds. The molecule has 1 aromatic heterocycles. The molecule has 5 nitrogen and oxygen atoms in total. The normalized spacial score (nSPS) is 12.2. The molecule has 1 atom stereocenters. The molecule has 0 saturated carbocycles. The number of carbonyl (C=O) groups is 1. The van der Waals surface area contributed by atoms with E-state index < -0.39 is 0 Å². The number of halogens is 1. The average Bonchev–Trinajstić information content (AvgIpc) is 3.06. The number of rotatable bonds is 6. The van der Waals surface area contributed by atoms with Crippen LogP contribution in [-0.2, 0) is 11.3 Å². The summed E-state index contributed by atoms with van der Waals surface area (Å²) >= 11 is 0. The lowest BCUT2D eigenvalue weighted by Crippen LogP contribution is -3.08. The minimum absolute atomic E-state index is 0.187. The Hall–Kier alpha value is -3.38. The van der Waals surface area contributed by atoms with E-state index >= 15 is 0 Å². The van der Waals surface area contributed by atoms with Crippen molar-refractivity contribution in [3.8, 4) is 5.75 Å². The Labute approximate surface area is 167 Å². The predicted octanol–water partition coefficient (Wildman–Crippen LogP) is 3.39. The fraction of sp³-hybridized carbons (Fsp3) is 0.174. The maximum atomic E-state index is 13.8. The van der Waals surface area contributed by atoms with Crippen LogP contribution in [0.1, 0.15) is 5.56 Å². The fourth-order valence-electron chi connectivity index (χ4n) is 3.52. The highest BCUT2D eigenvalue weighted by Gasteiger charge is 2.17. The van der Waals surface area contributed by atoms with Gasteiger partial charge in [-0.2, -0.15) is 0 Å². The van der Waals surface area contributed by atoms with E-state index in [2.05, 4.69) is 5.32 Å². The summed E-state index contributed by atoms with van der Waals surface area (Å²) in [6.45, 7) is 0.607. The third-order valence-corrected chi connectivity index (χ3v) is 4.89. The third-order valence-electron chi connectivity index (χ3n) is 4.89. The van der Waals surface area contributed by atoms with E-state index in [0.717, 1.165) is 21.3 Å². The van der Waals surface area contributed by atoms with Gasteiger partial charge in [-0.25, -0.2) is 4.39 Å². The van der Waals surface area contributed by atoms with Crippen LogP contribution in [0.15, 0.2) is 65.1 Å². The first-order valence-corrected chi connectivity index (χ1v) is 9.39. The fourth-order valence-corrected chi connectivity index (χ4v) is 3.52. The number of quaternary nitrogens is 1. The van der Waals surface area contributed by atoms with Gasteiger partial charge in [0.05, 0.1) is 19.8 Å². The minimum atomic E-state index is -0.260. The van der Waals surface area contributed by atoms with Gasteiger partial charge in [0.25, 0.3) is 5.91 Å². The number of methoxy groups -OCH3 is 1. The van der Waals surface area contributed by atoms with Crippen LogP contribution in [0.25, 0.3) is 21.9 Å². The van der Waals surface area contributed by atoms with Crippen LogP contribution in [0.2, 0.25) is 0 Å². The number of benzene rings is 3. The van der Waals surface area contributed by atoms with Gasteiger partial charge in [0.2, 0.25) is 0 Å². The molecule has 0 fully saturated rings. The summed E-state index contributed by atoms with van der Waals surface area (Å²) in [5, 5.41) is 4.81. The van der Waals surface area contributed by atoms with Crippen molar-refractivity contribution < 1.29 is 23.2 Å². The van der Waals surface area contributed by atoms with Crippen LogP contribution in [0, 0.1) is 5.82 Å². The zero-order chi connectivity index (χ0) is 20.4. The second-order valence-corrected chi connectivity index (χ2v) is 7.10. The van der Waals surface area contributed by atoms with Gasteiger partial charge < -0.3 is 19.4 Å². The van der Waals surface area contributed by atoms with Crippen molar-refractivity contribution in [2.75, 3.05) is 26.0 Å². The Morgan fingerprint density at radius 3 is 2.62 bits per heavy atom. The Kier molecular flexibility index (Phi) is 5.18. The van der Waals surface area contributed by atoms with Crippen LogP contribution < -0.4 is 15.0 Å². The maximum absolute atomic E-state index is 13.8. The van der Waals surface area contributed by atoms with E-state index in [0.29, 0.717) is 29.1 Å². The molecule has 0 saturated heterocycles. The van der Waals surface area contributed by atoms with E-state index in [-0.39, 0.29) is 18.3 Å². The number of furan rings is 1. The molecule has 4 rings (SSSR count). The highest BCUT2D eigenvalue weighted by atomic mass is 19.1. The summed E-state index contributed by atoms with van der Waals surface area (Å²) in [5.41, 5.74) is 2.58. The molecule has 3 aromatic carbocycles. The Morgan fingerprint density at radius 2 is 1.83 bits per heavy atom. The van der Waals surface area contributed by atoms with E-state index in [4.69, 9.17) is 9.15 Å². The number of fused-ring (bicyclic) bond motifs is 3. The highest BCUT2D eigenvalue weighted by molar-refractivity contribution is 6.07. The zero-order valence-electron chi connectivity index (χ0n) is 16.3. The number of para-hydroxylation sites is 1. The van der Waals surface area contributed by atoms with Gasteiger partial charge in [0, 0.05) is 22.4 Å². The minimum Gasteiger partial charge on any atom is -0.495 e. The van der Waals surface area contributed by atoms with E-state index in [1.54, 1.807) is 31.4 Å². The number of amides is 1. The van der Waals surface area contributed by atoms with E-state index in [9.17, 15) is 9.18 Å². The van der Waals surface area contributed by atoms with Crippen LogP contribution in [0.4, 0.5) is 10.1 Å². The lowest BCUT2D eigenvalue weighted by molar-refractivity contribution is -0.885. The molecule has 4 aromatic rings. The molecule has 29 heavy (non-hydrogen) atoms. The number of hydrogen-bond donors (Lipinski definition) is 2. The number of anilines is 1. The monoisotopic (exact) mass is 393 g/mol. The first-order valence-electron chi connectivity index (χ1n) is 9.39. The highest BCUT2D eigenvalue weighted by Crippen LogP contribution is 2.36. The molecule has 1 unspecified atom stereocenters. The molecular weight excluding hydrogens is 371 g/mol. The second-order valence-electron chi connectivity index (χ2n) is 7.10. The molecular formula is C23H22FN2O3+. The quantitative estimate of drug-likeness (QED) is 0.528. The number of nitrogens with one attached hydrogen (secondary N) is 2. The van der Waals surface area contributed by atoms with Crippen LogP contribution in [0.5, 0.6) is 5.75 Å². The van der Waals surface area contributed by atoms with Crippen molar-refractivity contribution in [1.29, 1.82) is 0 Å². The van der Waals surface area contributed by atoms with Gasteiger partial charge in [-0.05, 0) is 18.2 Å². The Morgan fingerprint density at radius 1 is 1.07 bits per heavy atom. The summed E-state index contributed by atoms with van der Waals surface area (Å²) in [7, 11) is 3.42. The van der Waals surface area contributed by atoms with Gasteiger partial charge in [-0.15, -0.1) is 0 Å². The molecule has 2 N–H and O–H groups in total. The van der Waals surface area contributed by atoms with Gasteiger partial charge in [-0.3, -0.25) is 4.79 Å². The van der Waals surface area contributed by atoms with Crippen LogP contribution in [0.3, 0.4) is 0 Å². The van der Waals surface area contributed by atoms with Crippen molar-refractivity contribution in [2.45, 2.75) is 6.54 Å². The molecule has 0 radical (unpaired) electrons. The van der Waals surface area contributed by atoms with Crippen LogP contribution in [-0.4, -0.2) is 26.6 Å². The van der Waals surface area contributed by atoms with Gasteiger partial charge >= 0.3 is 0 Å².